The first-order valence-electron chi connectivity index (χ1n) is 8.39. The van der Waals surface area contributed by atoms with Gasteiger partial charge in [0.15, 0.2) is 0 Å². The molecule has 0 fully saturated rings. The molecule has 0 radical (unpaired) electrons. The molecule has 3 rings (SSSR count). The molecule has 1 heterocycles. The summed E-state index contributed by atoms with van der Waals surface area (Å²) in [7, 11) is 0. The standard InChI is InChI=1S/C21H23N3O/c1-15(25)23-18-12-8-9-13-19(18)24-20(16-10-6-5-7-11-16)17(14-22-24)21(2,3)4/h5-14H,1-4H3,(H,23,25). The number of hydrogen-bond acceptors (Lipinski definition) is 2. The lowest BCUT2D eigenvalue weighted by Crippen LogP contribution is -2.13. The number of aromatic nitrogens is 2. The van der Waals surface area contributed by atoms with Crippen LogP contribution in [-0.2, 0) is 10.2 Å². The Labute approximate surface area is 148 Å². The molecule has 1 amide bonds. The number of nitrogens with one attached hydrogen (secondary N) is 1. The second-order valence-electron chi connectivity index (χ2n) is 7.13. The fraction of sp³-hybridized carbons (Fsp3) is 0.238. The third kappa shape index (κ3) is 3.48. The highest BCUT2D eigenvalue weighted by molar-refractivity contribution is 5.91. The summed E-state index contributed by atoms with van der Waals surface area (Å²) in [4.78, 5) is 11.6. The fourth-order valence-corrected chi connectivity index (χ4v) is 2.91. The minimum absolute atomic E-state index is 0.0492. The Morgan fingerprint density at radius 1 is 1.00 bits per heavy atom. The molecule has 0 aliphatic rings. The van der Waals surface area contributed by atoms with Gasteiger partial charge in [-0.05, 0) is 17.5 Å². The fourth-order valence-electron chi connectivity index (χ4n) is 2.91. The quantitative estimate of drug-likeness (QED) is 0.749. The van der Waals surface area contributed by atoms with E-state index in [0.29, 0.717) is 0 Å². The first kappa shape index (κ1) is 17.0. The summed E-state index contributed by atoms with van der Waals surface area (Å²) in [5, 5.41) is 7.56. The minimum atomic E-state index is -0.100. The monoisotopic (exact) mass is 333 g/mol. The smallest absolute Gasteiger partial charge is 0.221 e. The van der Waals surface area contributed by atoms with Crippen LogP contribution in [0.5, 0.6) is 0 Å². The second kappa shape index (κ2) is 6.55. The van der Waals surface area contributed by atoms with Crippen LogP contribution in [0.15, 0.2) is 60.8 Å². The third-order valence-corrected chi connectivity index (χ3v) is 4.07. The Morgan fingerprint density at radius 3 is 2.28 bits per heavy atom. The number of amides is 1. The van der Waals surface area contributed by atoms with E-state index in [-0.39, 0.29) is 11.3 Å². The van der Waals surface area contributed by atoms with Crippen LogP contribution in [0, 0.1) is 0 Å². The summed E-state index contributed by atoms with van der Waals surface area (Å²) < 4.78 is 1.92. The van der Waals surface area contributed by atoms with Gasteiger partial charge in [0.2, 0.25) is 5.91 Å². The van der Waals surface area contributed by atoms with Crippen LogP contribution < -0.4 is 5.32 Å². The SMILES string of the molecule is CC(=O)Nc1ccccc1-n1ncc(C(C)(C)C)c1-c1ccccc1. The van der Waals surface area contributed by atoms with E-state index in [1.54, 1.807) is 0 Å². The molecule has 1 N–H and O–H groups in total. The van der Waals surface area contributed by atoms with Crippen molar-refractivity contribution >= 4 is 11.6 Å². The zero-order valence-electron chi connectivity index (χ0n) is 15.1. The highest BCUT2D eigenvalue weighted by atomic mass is 16.1. The molecular weight excluding hydrogens is 310 g/mol. The summed E-state index contributed by atoms with van der Waals surface area (Å²) in [6.07, 6.45) is 1.92. The number of para-hydroxylation sites is 2. The van der Waals surface area contributed by atoms with Crippen molar-refractivity contribution < 1.29 is 4.79 Å². The van der Waals surface area contributed by atoms with E-state index in [1.807, 2.05) is 53.3 Å². The molecule has 3 aromatic rings. The van der Waals surface area contributed by atoms with Gasteiger partial charge in [-0.3, -0.25) is 4.79 Å². The van der Waals surface area contributed by atoms with E-state index >= 15 is 0 Å². The second-order valence-corrected chi connectivity index (χ2v) is 7.13. The summed E-state index contributed by atoms with van der Waals surface area (Å²) in [5.41, 5.74) is 4.86. The summed E-state index contributed by atoms with van der Waals surface area (Å²) >= 11 is 0. The maximum atomic E-state index is 11.6. The molecule has 0 spiro atoms. The molecule has 0 bridgehead atoms. The van der Waals surface area contributed by atoms with Crippen molar-refractivity contribution in [2.45, 2.75) is 33.1 Å². The molecule has 0 aliphatic carbocycles. The first-order valence-corrected chi connectivity index (χ1v) is 8.39. The molecule has 4 heteroatoms. The largest absolute Gasteiger partial charge is 0.324 e. The van der Waals surface area contributed by atoms with Crippen LogP contribution in [0.3, 0.4) is 0 Å². The number of benzene rings is 2. The molecule has 0 aliphatic heterocycles. The van der Waals surface area contributed by atoms with E-state index < -0.39 is 0 Å². The number of nitrogens with zero attached hydrogens (tertiary/aromatic N) is 2. The van der Waals surface area contributed by atoms with Crippen LogP contribution in [0.2, 0.25) is 0 Å². The number of hydrogen-bond donors (Lipinski definition) is 1. The highest BCUT2D eigenvalue weighted by Crippen LogP contribution is 2.35. The van der Waals surface area contributed by atoms with Crippen molar-refractivity contribution in [1.82, 2.24) is 9.78 Å². The van der Waals surface area contributed by atoms with Gasteiger partial charge in [-0.1, -0.05) is 63.2 Å². The average Bonchev–Trinajstić information content (AvgIpc) is 3.00. The van der Waals surface area contributed by atoms with Gasteiger partial charge in [0.1, 0.15) is 0 Å². The molecule has 1 aromatic heterocycles. The Kier molecular flexibility index (Phi) is 4.45. The lowest BCUT2D eigenvalue weighted by atomic mass is 9.85. The van der Waals surface area contributed by atoms with Crippen LogP contribution in [0.25, 0.3) is 16.9 Å². The molecule has 4 nitrogen and oxygen atoms in total. The van der Waals surface area contributed by atoms with Crippen molar-refractivity contribution in [1.29, 1.82) is 0 Å². The molecule has 0 saturated heterocycles. The van der Waals surface area contributed by atoms with Crippen molar-refractivity contribution in [3.63, 3.8) is 0 Å². The van der Waals surface area contributed by atoms with Gasteiger partial charge in [-0.25, -0.2) is 4.68 Å². The number of carbonyl (C=O) groups excluding carboxylic acids is 1. The van der Waals surface area contributed by atoms with E-state index in [1.165, 1.54) is 6.92 Å². The topological polar surface area (TPSA) is 46.9 Å². The average molecular weight is 333 g/mol. The van der Waals surface area contributed by atoms with E-state index in [0.717, 1.165) is 28.2 Å². The molecule has 0 atom stereocenters. The van der Waals surface area contributed by atoms with Crippen LogP contribution in [0.1, 0.15) is 33.3 Å². The Morgan fingerprint density at radius 2 is 1.64 bits per heavy atom. The molecule has 25 heavy (non-hydrogen) atoms. The normalized spacial score (nSPS) is 11.4. The van der Waals surface area contributed by atoms with Gasteiger partial charge in [0.05, 0.1) is 23.3 Å². The predicted molar refractivity (Wildman–Crippen MR) is 102 cm³/mol. The molecule has 2 aromatic carbocycles. The predicted octanol–water partition coefficient (Wildman–Crippen LogP) is 4.80. The van der Waals surface area contributed by atoms with Gasteiger partial charge in [0, 0.05) is 18.1 Å². The summed E-state index contributed by atoms with van der Waals surface area (Å²) in [6.45, 7) is 8.06. The summed E-state index contributed by atoms with van der Waals surface area (Å²) in [6, 6.07) is 18.0. The number of carbonyl (C=O) groups is 1. The van der Waals surface area contributed by atoms with Crippen molar-refractivity contribution in [3.8, 4) is 16.9 Å². The van der Waals surface area contributed by atoms with Crippen molar-refractivity contribution in [2.24, 2.45) is 0 Å². The van der Waals surface area contributed by atoms with Crippen LogP contribution in [-0.4, -0.2) is 15.7 Å². The van der Waals surface area contributed by atoms with Crippen LogP contribution >= 0.6 is 0 Å². The number of anilines is 1. The van der Waals surface area contributed by atoms with Gasteiger partial charge >= 0.3 is 0 Å². The lowest BCUT2D eigenvalue weighted by molar-refractivity contribution is -0.114. The molecular formula is C21H23N3O. The Balaban J connectivity index is 2.26. The zero-order valence-corrected chi connectivity index (χ0v) is 15.1. The summed E-state index contributed by atoms with van der Waals surface area (Å²) in [5.74, 6) is -0.100. The van der Waals surface area contributed by atoms with Crippen LogP contribution in [0.4, 0.5) is 5.69 Å². The Bertz CT molecular complexity index is 889. The minimum Gasteiger partial charge on any atom is -0.324 e. The molecule has 0 saturated carbocycles. The van der Waals surface area contributed by atoms with Crippen molar-refractivity contribution in [3.05, 3.63) is 66.4 Å². The lowest BCUT2D eigenvalue weighted by Gasteiger charge is -2.21. The van der Waals surface area contributed by atoms with Gasteiger partial charge < -0.3 is 5.32 Å². The molecule has 0 unspecified atom stereocenters. The van der Waals surface area contributed by atoms with Gasteiger partial charge in [-0.15, -0.1) is 0 Å². The van der Waals surface area contributed by atoms with Gasteiger partial charge in [-0.2, -0.15) is 5.10 Å². The maximum absolute atomic E-state index is 11.6. The third-order valence-electron chi connectivity index (χ3n) is 4.07. The number of rotatable bonds is 3. The van der Waals surface area contributed by atoms with Gasteiger partial charge in [0.25, 0.3) is 0 Å². The van der Waals surface area contributed by atoms with Crippen molar-refractivity contribution in [2.75, 3.05) is 5.32 Å². The zero-order chi connectivity index (χ0) is 18.0. The Hall–Kier alpha value is -2.88. The molecule has 128 valence electrons. The highest BCUT2D eigenvalue weighted by Gasteiger charge is 2.24. The van der Waals surface area contributed by atoms with E-state index in [9.17, 15) is 4.79 Å². The first-order chi connectivity index (χ1) is 11.9. The maximum Gasteiger partial charge on any atom is 0.221 e. The van der Waals surface area contributed by atoms with E-state index in [4.69, 9.17) is 0 Å². The van der Waals surface area contributed by atoms with E-state index in [2.05, 4.69) is 43.3 Å².